The topological polar surface area (TPSA) is 101 Å². The highest BCUT2D eigenvalue weighted by atomic mass is 32.1. The van der Waals surface area contributed by atoms with Crippen LogP contribution in [-0.4, -0.2) is 61.4 Å². The van der Waals surface area contributed by atoms with Crippen molar-refractivity contribution in [1.82, 2.24) is 25.1 Å². The Morgan fingerprint density at radius 1 is 1.33 bits per heavy atom. The quantitative estimate of drug-likeness (QED) is 0.877. The smallest absolute Gasteiger partial charge is 0.394 e. The molecule has 0 radical (unpaired) electrons. The molecule has 0 unspecified atom stereocenters. The lowest BCUT2D eigenvalue weighted by Crippen LogP contribution is -2.34. The zero-order valence-corrected chi connectivity index (χ0v) is 12.7. The Morgan fingerprint density at radius 2 is 2.08 bits per heavy atom. The van der Waals surface area contributed by atoms with Gasteiger partial charge in [0.1, 0.15) is 11.2 Å². The van der Waals surface area contributed by atoms with E-state index in [0.29, 0.717) is 5.69 Å². The van der Waals surface area contributed by atoms with Crippen LogP contribution in [0.15, 0.2) is 17.8 Å². The molecule has 0 spiro atoms. The Kier molecular flexibility index (Phi) is 3.99. The van der Waals surface area contributed by atoms with Crippen LogP contribution in [0.5, 0.6) is 0 Å². The summed E-state index contributed by atoms with van der Waals surface area (Å²) in [5.41, 5.74) is 0.331. The molecule has 1 aliphatic rings. The minimum absolute atomic E-state index is 0.147. The molecular weight excluding hydrogens is 351 g/mol. The van der Waals surface area contributed by atoms with E-state index in [2.05, 4.69) is 15.5 Å². The van der Waals surface area contributed by atoms with Gasteiger partial charge in [-0.15, -0.1) is 16.4 Å². The number of hydrogen-bond acceptors (Lipinski definition) is 6. The molecule has 24 heavy (non-hydrogen) atoms. The fourth-order valence-electron chi connectivity index (χ4n) is 2.61. The van der Waals surface area contributed by atoms with Crippen LogP contribution in [0.2, 0.25) is 0 Å². The van der Waals surface area contributed by atoms with Crippen LogP contribution in [0, 0.1) is 11.8 Å². The van der Waals surface area contributed by atoms with Crippen LogP contribution in [0.25, 0.3) is 5.69 Å². The van der Waals surface area contributed by atoms with Gasteiger partial charge in [0.15, 0.2) is 0 Å². The third-order valence-corrected chi connectivity index (χ3v) is 4.67. The maximum Gasteiger partial charge on any atom is 0.394 e. The minimum atomic E-state index is -4.69. The Hall–Kier alpha value is -2.50. The lowest BCUT2D eigenvalue weighted by atomic mass is 9.96. The van der Waals surface area contributed by atoms with Gasteiger partial charge in [-0.1, -0.05) is 0 Å². The van der Waals surface area contributed by atoms with E-state index < -0.39 is 43.0 Å². The Balaban J connectivity index is 1.87. The molecule has 0 bridgehead atoms. The molecule has 2 atom stereocenters. The fourth-order valence-corrected chi connectivity index (χ4v) is 3.46. The number of nitrogens with zero attached hydrogens (tertiary/aromatic N) is 5. The molecule has 128 valence electrons. The summed E-state index contributed by atoms with van der Waals surface area (Å²) >= 11 is 1.02. The van der Waals surface area contributed by atoms with Gasteiger partial charge < -0.3 is 10.0 Å². The van der Waals surface area contributed by atoms with Crippen LogP contribution < -0.4 is 0 Å². The first-order valence-corrected chi connectivity index (χ1v) is 7.56. The molecule has 3 heterocycles. The average Bonchev–Trinajstić information content (AvgIpc) is 3.23. The molecular formula is C12H10F3N5O3S. The van der Waals surface area contributed by atoms with Gasteiger partial charge in [0.05, 0.1) is 17.5 Å². The second kappa shape index (κ2) is 5.85. The van der Waals surface area contributed by atoms with Gasteiger partial charge in [0.25, 0.3) is 5.91 Å². The predicted molar refractivity (Wildman–Crippen MR) is 73.6 cm³/mol. The Morgan fingerprint density at radius 3 is 2.62 bits per heavy atom. The number of carbonyl (C=O) groups excluding carboxylic acids is 1. The molecule has 2 aromatic rings. The van der Waals surface area contributed by atoms with Crippen molar-refractivity contribution in [1.29, 1.82) is 0 Å². The first-order valence-electron chi connectivity index (χ1n) is 6.68. The number of tetrazole rings is 1. The summed E-state index contributed by atoms with van der Waals surface area (Å²) in [6.45, 7) is -1.18. The summed E-state index contributed by atoms with van der Waals surface area (Å²) in [5.74, 6) is -6.01. The van der Waals surface area contributed by atoms with Crippen LogP contribution >= 0.6 is 11.3 Å². The largest absolute Gasteiger partial charge is 0.481 e. The molecule has 8 nitrogen and oxygen atoms in total. The first kappa shape index (κ1) is 16.4. The number of hydrogen-bond donors (Lipinski definition) is 1. The van der Waals surface area contributed by atoms with Gasteiger partial charge in [-0.05, 0) is 21.9 Å². The van der Waals surface area contributed by atoms with Gasteiger partial charge >= 0.3 is 12.1 Å². The number of carboxylic acid groups (broad SMARTS) is 1. The monoisotopic (exact) mass is 361 g/mol. The molecule has 0 aromatic carbocycles. The zero-order valence-electron chi connectivity index (χ0n) is 11.8. The van der Waals surface area contributed by atoms with Crippen LogP contribution in [0.1, 0.15) is 9.67 Å². The Labute approximate surface area is 136 Å². The lowest BCUT2D eigenvalue weighted by Gasteiger charge is -2.18. The van der Waals surface area contributed by atoms with Crippen molar-refractivity contribution < 1.29 is 27.9 Å². The second-order valence-electron chi connectivity index (χ2n) is 5.19. The van der Waals surface area contributed by atoms with E-state index in [0.717, 1.165) is 16.2 Å². The van der Waals surface area contributed by atoms with Crippen molar-refractivity contribution in [2.24, 2.45) is 11.8 Å². The number of amides is 1. The average molecular weight is 361 g/mol. The van der Waals surface area contributed by atoms with Crippen LogP contribution in [-0.2, 0) is 4.79 Å². The number of carbonyl (C=O) groups is 2. The predicted octanol–water partition coefficient (Wildman–Crippen LogP) is 1.06. The number of carboxylic acids is 1. The van der Waals surface area contributed by atoms with E-state index in [1.54, 1.807) is 11.4 Å². The molecule has 2 aromatic heterocycles. The van der Waals surface area contributed by atoms with Gasteiger partial charge in [-0.2, -0.15) is 17.9 Å². The van der Waals surface area contributed by atoms with Crippen molar-refractivity contribution in [2.45, 2.75) is 6.18 Å². The number of halogens is 3. The second-order valence-corrected chi connectivity index (χ2v) is 6.11. The number of aliphatic carboxylic acids is 1. The standard InChI is InChI=1S/C12H10F3N5O3S/c13-12(14,15)7-4-19(3-6(7)11(22)23)10(21)9-8(1-2-24-9)20-5-16-17-18-20/h1-2,5-7H,3-4H2,(H,22,23)/t6-,7-/m1/s1. The molecule has 0 saturated carbocycles. The van der Waals surface area contributed by atoms with Crippen molar-refractivity contribution in [2.75, 3.05) is 13.1 Å². The van der Waals surface area contributed by atoms with E-state index in [4.69, 9.17) is 5.11 Å². The number of likely N-dealkylation sites (tertiary alicyclic amines) is 1. The SMILES string of the molecule is O=C(O)[C@@H]1CN(C(=O)c2sccc2-n2cnnn2)C[C@H]1C(F)(F)F. The van der Waals surface area contributed by atoms with Crippen molar-refractivity contribution in [3.05, 3.63) is 22.7 Å². The van der Waals surface area contributed by atoms with Gasteiger partial charge in [-0.3, -0.25) is 9.59 Å². The van der Waals surface area contributed by atoms with E-state index >= 15 is 0 Å². The number of alkyl halides is 3. The molecule has 1 aliphatic heterocycles. The molecule has 3 rings (SSSR count). The summed E-state index contributed by atoms with van der Waals surface area (Å²) in [6, 6.07) is 1.56. The van der Waals surface area contributed by atoms with E-state index in [-0.39, 0.29) is 4.88 Å². The van der Waals surface area contributed by atoms with Crippen molar-refractivity contribution in [3.63, 3.8) is 0 Å². The summed E-state index contributed by atoms with van der Waals surface area (Å²) in [7, 11) is 0. The van der Waals surface area contributed by atoms with Gasteiger partial charge in [0.2, 0.25) is 0 Å². The van der Waals surface area contributed by atoms with Crippen molar-refractivity contribution in [3.8, 4) is 5.69 Å². The molecule has 1 amide bonds. The summed E-state index contributed by atoms with van der Waals surface area (Å²) in [4.78, 5) is 24.7. The summed E-state index contributed by atoms with van der Waals surface area (Å²) in [5, 5.41) is 21.1. The summed E-state index contributed by atoms with van der Waals surface area (Å²) < 4.78 is 40.3. The number of aromatic nitrogens is 4. The highest BCUT2D eigenvalue weighted by Gasteiger charge is 2.53. The molecule has 1 saturated heterocycles. The first-order chi connectivity index (χ1) is 11.3. The summed E-state index contributed by atoms with van der Waals surface area (Å²) in [6.07, 6.45) is -3.44. The highest BCUT2D eigenvalue weighted by molar-refractivity contribution is 7.12. The van der Waals surface area contributed by atoms with E-state index in [9.17, 15) is 22.8 Å². The molecule has 0 aliphatic carbocycles. The van der Waals surface area contributed by atoms with E-state index in [1.165, 1.54) is 11.0 Å². The lowest BCUT2D eigenvalue weighted by molar-refractivity contribution is -0.187. The molecule has 1 fully saturated rings. The maximum absolute atomic E-state index is 13.0. The third kappa shape index (κ3) is 2.84. The van der Waals surface area contributed by atoms with Crippen LogP contribution in [0.4, 0.5) is 13.2 Å². The highest BCUT2D eigenvalue weighted by Crippen LogP contribution is 2.38. The Bertz CT molecular complexity index is 760. The van der Waals surface area contributed by atoms with Crippen LogP contribution in [0.3, 0.4) is 0 Å². The maximum atomic E-state index is 13.0. The minimum Gasteiger partial charge on any atom is -0.481 e. The fraction of sp³-hybridized carbons (Fsp3) is 0.417. The molecule has 1 N–H and O–H groups in total. The molecule has 12 heteroatoms. The normalized spacial score (nSPS) is 21.2. The number of thiophene rings is 1. The third-order valence-electron chi connectivity index (χ3n) is 3.78. The van der Waals surface area contributed by atoms with Gasteiger partial charge in [-0.25, -0.2) is 0 Å². The van der Waals surface area contributed by atoms with Crippen molar-refractivity contribution >= 4 is 23.2 Å². The van der Waals surface area contributed by atoms with Gasteiger partial charge in [0, 0.05) is 13.1 Å². The zero-order chi connectivity index (χ0) is 17.5. The number of rotatable bonds is 3. The van der Waals surface area contributed by atoms with E-state index in [1.807, 2.05) is 0 Å².